The van der Waals surface area contributed by atoms with Crippen LogP contribution in [0.15, 0.2) is 18.2 Å². The zero-order valence-corrected chi connectivity index (χ0v) is 13.3. The number of benzene rings is 1. The second-order valence-electron chi connectivity index (χ2n) is 6.14. The summed E-state index contributed by atoms with van der Waals surface area (Å²) in [5.74, 6) is 0.0649. The molecule has 1 aromatic rings. The highest BCUT2D eigenvalue weighted by molar-refractivity contribution is 5.81. The zero-order valence-electron chi connectivity index (χ0n) is 13.3. The molecule has 1 heterocycles. The van der Waals surface area contributed by atoms with Gasteiger partial charge in [-0.15, -0.1) is 0 Å². The van der Waals surface area contributed by atoms with Gasteiger partial charge in [0.15, 0.2) is 0 Å². The van der Waals surface area contributed by atoms with E-state index in [0.717, 1.165) is 17.7 Å². The van der Waals surface area contributed by atoms with Crippen LogP contribution in [0.2, 0.25) is 0 Å². The van der Waals surface area contributed by atoms with E-state index < -0.39 is 11.8 Å². The summed E-state index contributed by atoms with van der Waals surface area (Å²) in [6, 6.07) is 4.89. The van der Waals surface area contributed by atoms with Crippen molar-refractivity contribution in [3.8, 4) is 5.75 Å². The highest BCUT2D eigenvalue weighted by Crippen LogP contribution is 2.29. The molecule has 0 spiro atoms. The SMILES string of the molecule is COC(=O)C1CCc2ccc(OC(=O)OC(C)(C)C)cc2N1. The molecular weight excluding hydrogens is 286 g/mol. The normalized spacial score (nSPS) is 17.0. The van der Waals surface area contributed by atoms with Crippen molar-refractivity contribution in [3.05, 3.63) is 23.8 Å². The lowest BCUT2D eigenvalue weighted by Crippen LogP contribution is -2.34. The van der Waals surface area contributed by atoms with Crippen molar-refractivity contribution in [3.63, 3.8) is 0 Å². The monoisotopic (exact) mass is 307 g/mol. The lowest BCUT2D eigenvalue weighted by Gasteiger charge is -2.25. The number of anilines is 1. The minimum absolute atomic E-state index is 0.302. The molecular formula is C16H21NO5. The number of carbonyl (C=O) groups excluding carboxylic acids is 2. The first kappa shape index (κ1) is 16.1. The van der Waals surface area contributed by atoms with Gasteiger partial charge in [0, 0.05) is 11.8 Å². The molecule has 120 valence electrons. The van der Waals surface area contributed by atoms with Gasteiger partial charge >= 0.3 is 12.1 Å². The average molecular weight is 307 g/mol. The Labute approximate surface area is 129 Å². The first-order valence-corrected chi connectivity index (χ1v) is 7.16. The molecule has 0 bridgehead atoms. The fourth-order valence-electron chi connectivity index (χ4n) is 2.22. The number of fused-ring (bicyclic) bond motifs is 1. The lowest BCUT2D eigenvalue weighted by molar-refractivity contribution is -0.141. The molecule has 0 saturated carbocycles. The largest absolute Gasteiger partial charge is 0.514 e. The molecule has 1 N–H and O–H groups in total. The summed E-state index contributed by atoms with van der Waals surface area (Å²) in [6.07, 6.45) is 0.675. The Bertz CT molecular complexity index is 576. The predicted octanol–water partition coefficient (Wildman–Crippen LogP) is 2.90. The Morgan fingerprint density at radius 1 is 1.27 bits per heavy atom. The molecule has 1 aliphatic rings. The number of esters is 1. The third-order valence-corrected chi connectivity index (χ3v) is 3.19. The summed E-state index contributed by atoms with van der Waals surface area (Å²) in [7, 11) is 1.36. The van der Waals surface area contributed by atoms with E-state index in [2.05, 4.69) is 5.32 Å². The molecule has 6 nitrogen and oxygen atoms in total. The molecule has 0 amide bonds. The molecule has 1 atom stereocenters. The van der Waals surface area contributed by atoms with Crippen LogP contribution in [0, 0.1) is 0 Å². The fraction of sp³-hybridized carbons (Fsp3) is 0.500. The number of rotatable bonds is 2. The van der Waals surface area contributed by atoms with Crippen LogP contribution in [0.5, 0.6) is 5.75 Å². The minimum Gasteiger partial charge on any atom is -0.467 e. The van der Waals surface area contributed by atoms with Crippen molar-refractivity contribution in [1.29, 1.82) is 0 Å². The first-order valence-electron chi connectivity index (χ1n) is 7.16. The number of hydrogen-bond donors (Lipinski definition) is 1. The number of aryl methyl sites for hydroxylation is 1. The van der Waals surface area contributed by atoms with E-state index in [9.17, 15) is 9.59 Å². The van der Waals surface area contributed by atoms with Crippen molar-refractivity contribution in [2.24, 2.45) is 0 Å². The summed E-state index contributed by atoms with van der Waals surface area (Å²) < 4.78 is 15.0. The van der Waals surface area contributed by atoms with Crippen LogP contribution in [-0.4, -0.2) is 30.9 Å². The van der Waals surface area contributed by atoms with Gasteiger partial charge in [0.05, 0.1) is 7.11 Å². The molecule has 0 aromatic heterocycles. The van der Waals surface area contributed by atoms with E-state index in [1.165, 1.54) is 7.11 Å². The Balaban J connectivity index is 2.08. The van der Waals surface area contributed by atoms with Crippen LogP contribution in [0.4, 0.5) is 10.5 Å². The first-order chi connectivity index (χ1) is 10.3. The van der Waals surface area contributed by atoms with Crippen LogP contribution >= 0.6 is 0 Å². The molecule has 2 rings (SSSR count). The Kier molecular flexibility index (Phi) is 4.59. The molecule has 1 aliphatic heterocycles. The summed E-state index contributed by atoms with van der Waals surface area (Å²) in [5.41, 5.74) is 1.22. The van der Waals surface area contributed by atoms with Crippen LogP contribution in [0.1, 0.15) is 32.8 Å². The van der Waals surface area contributed by atoms with Crippen molar-refractivity contribution in [1.82, 2.24) is 0 Å². The van der Waals surface area contributed by atoms with Crippen LogP contribution in [-0.2, 0) is 20.7 Å². The van der Waals surface area contributed by atoms with Gasteiger partial charge in [-0.2, -0.15) is 0 Å². The lowest BCUT2D eigenvalue weighted by atomic mass is 9.98. The number of nitrogens with one attached hydrogen (secondary N) is 1. The second kappa shape index (κ2) is 6.25. The van der Waals surface area contributed by atoms with Gasteiger partial charge in [0.1, 0.15) is 17.4 Å². The number of methoxy groups -OCH3 is 1. The molecule has 0 aliphatic carbocycles. The maximum absolute atomic E-state index is 11.7. The number of ether oxygens (including phenoxy) is 3. The Hall–Kier alpha value is -2.24. The third-order valence-electron chi connectivity index (χ3n) is 3.19. The second-order valence-corrected chi connectivity index (χ2v) is 6.14. The maximum atomic E-state index is 11.7. The quantitative estimate of drug-likeness (QED) is 0.669. The van der Waals surface area contributed by atoms with Gasteiger partial charge in [0.2, 0.25) is 0 Å². The average Bonchev–Trinajstić information content (AvgIpc) is 2.43. The van der Waals surface area contributed by atoms with Crippen molar-refractivity contribution in [2.45, 2.75) is 45.3 Å². The molecule has 0 radical (unpaired) electrons. The summed E-state index contributed by atoms with van der Waals surface area (Å²) >= 11 is 0. The number of carbonyl (C=O) groups is 2. The topological polar surface area (TPSA) is 73.9 Å². The van der Waals surface area contributed by atoms with Crippen molar-refractivity contribution in [2.75, 3.05) is 12.4 Å². The van der Waals surface area contributed by atoms with Gasteiger partial charge in [-0.05, 0) is 45.2 Å². The van der Waals surface area contributed by atoms with Crippen molar-refractivity contribution < 1.29 is 23.8 Å². The van der Waals surface area contributed by atoms with Crippen LogP contribution < -0.4 is 10.1 Å². The predicted molar refractivity (Wildman–Crippen MR) is 81.1 cm³/mol. The van der Waals surface area contributed by atoms with E-state index in [1.807, 2.05) is 6.07 Å². The van der Waals surface area contributed by atoms with Crippen LogP contribution in [0.3, 0.4) is 0 Å². The highest BCUT2D eigenvalue weighted by atomic mass is 16.7. The van der Waals surface area contributed by atoms with Crippen LogP contribution in [0.25, 0.3) is 0 Å². The third kappa shape index (κ3) is 4.13. The van der Waals surface area contributed by atoms with Gasteiger partial charge in [-0.3, -0.25) is 0 Å². The van der Waals surface area contributed by atoms with Gasteiger partial charge in [-0.1, -0.05) is 6.07 Å². The van der Waals surface area contributed by atoms with E-state index in [1.54, 1.807) is 32.9 Å². The smallest absolute Gasteiger partial charge is 0.467 e. The molecule has 0 saturated heterocycles. The Morgan fingerprint density at radius 2 is 2.00 bits per heavy atom. The number of hydrogen-bond acceptors (Lipinski definition) is 6. The summed E-state index contributed by atoms with van der Waals surface area (Å²) in [6.45, 7) is 5.30. The molecule has 22 heavy (non-hydrogen) atoms. The highest BCUT2D eigenvalue weighted by Gasteiger charge is 2.25. The zero-order chi connectivity index (χ0) is 16.3. The standard InChI is InChI=1S/C16H21NO5/c1-16(2,3)22-15(19)21-11-7-5-10-6-8-12(14(18)20-4)17-13(10)9-11/h5,7,9,12,17H,6,8H2,1-4H3. The summed E-state index contributed by atoms with van der Waals surface area (Å²) in [5, 5.41) is 3.10. The van der Waals surface area contributed by atoms with Gasteiger partial charge in [-0.25, -0.2) is 9.59 Å². The van der Waals surface area contributed by atoms with E-state index in [4.69, 9.17) is 14.2 Å². The molecule has 0 fully saturated rings. The molecule has 1 aromatic carbocycles. The molecule has 1 unspecified atom stereocenters. The van der Waals surface area contributed by atoms with E-state index in [-0.39, 0.29) is 12.0 Å². The van der Waals surface area contributed by atoms with Gasteiger partial charge in [0.25, 0.3) is 0 Å². The van der Waals surface area contributed by atoms with Gasteiger partial charge < -0.3 is 19.5 Å². The molecule has 6 heteroatoms. The van der Waals surface area contributed by atoms with E-state index in [0.29, 0.717) is 12.2 Å². The Morgan fingerprint density at radius 3 is 2.64 bits per heavy atom. The van der Waals surface area contributed by atoms with Crippen molar-refractivity contribution >= 4 is 17.8 Å². The fourth-order valence-corrected chi connectivity index (χ4v) is 2.22. The maximum Gasteiger partial charge on any atom is 0.514 e. The van der Waals surface area contributed by atoms with E-state index >= 15 is 0 Å². The summed E-state index contributed by atoms with van der Waals surface area (Å²) in [4.78, 5) is 23.3. The minimum atomic E-state index is -0.757.